The van der Waals surface area contributed by atoms with E-state index in [4.69, 9.17) is 9.84 Å². The lowest BCUT2D eigenvalue weighted by Crippen LogP contribution is -2.20. The maximum atomic E-state index is 9.44. The average Bonchev–Trinajstić information content (AvgIpc) is 3.48. The van der Waals surface area contributed by atoms with Crippen LogP contribution in [-0.2, 0) is 6.54 Å². The Balaban J connectivity index is 1.46. The first kappa shape index (κ1) is 19.3. The Morgan fingerprint density at radius 2 is 2.06 bits per heavy atom. The van der Waals surface area contributed by atoms with Crippen molar-refractivity contribution in [2.45, 2.75) is 19.6 Å². The number of pyridine rings is 1. The number of hydrogen-bond acceptors (Lipinski definition) is 8. The Hall–Kier alpha value is -4.65. The minimum absolute atomic E-state index is 0.127. The van der Waals surface area contributed by atoms with Crippen LogP contribution in [0.1, 0.15) is 12.5 Å². The summed E-state index contributed by atoms with van der Waals surface area (Å²) in [5.74, 6) is 0.715. The average molecular weight is 423 g/mol. The lowest BCUT2D eigenvalue weighted by atomic mass is 10.1. The zero-order valence-corrected chi connectivity index (χ0v) is 17.1. The van der Waals surface area contributed by atoms with Crippen molar-refractivity contribution in [1.82, 2.24) is 39.8 Å². The van der Waals surface area contributed by atoms with Crippen molar-refractivity contribution < 1.29 is 4.74 Å². The molecule has 0 unspecified atom stereocenters. The van der Waals surface area contributed by atoms with E-state index < -0.39 is 0 Å². The molecule has 0 aliphatic heterocycles. The van der Waals surface area contributed by atoms with Crippen molar-refractivity contribution in [3.05, 3.63) is 72.8 Å². The van der Waals surface area contributed by atoms with Gasteiger partial charge in [-0.2, -0.15) is 10.4 Å². The number of imidazole rings is 1. The van der Waals surface area contributed by atoms with Gasteiger partial charge in [-0.05, 0) is 53.7 Å². The molecule has 10 heteroatoms. The Kier molecular flexibility index (Phi) is 4.97. The molecule has 0 aliphatic rings. The lowest BCUT2D eigenvalue weighted by Gasteiger charge is -2.15. The number of benzene rings is 1. The van der Waals surface area contributed by atoms with Gasteiger partial charge in [-0.3, -0.25) is 4.98 Å². The fraction of sp³-hybridized carbons (Fsp3) is 0.136. The molecule has 156 valence electrons. The third-order valence-corrected chi connectivity index (χ3v) is 4.84. The van der Waals surface area contributed by atoms with Gasteiger partial charge in [-0.15, -0.1) is 5.10 Å². The Morgan fingerprint density at radius 3 is 2.91 bits per heavy atom. The van der Waals surface area contributed by atoms with Gasteiger partial charge >= 0.3 is 0 Å². The second-order valence-electron chi connectivity index (χ2n) is 7.13. The molecular formula is C22H17N9O. The van der Waals surface area contributed by atoms with Crippen LogP contribution in [0.2, 0.25) is 0 Å². The second-order valence-corrected chi connectivity index (χ2v) is 7.13. The normalized spacial score (nSPS) is 11.9. The van der Waals surface area contributed by atoms with Gasteiger partial charge in [0.2, 0.25) is 0 Å². The molecule has 0 aliphatic carbocycles. The van der Waals surface area contributed by atoms with Gasteiger partial charge in [0.05, 0.1) is 24.0 Å². The molecule has 0 bridgehead atoms. The van der Waals surface area contributed by atoms with E-state index in [1.807, 2.05) is 43.3 Å². The number of rotatable bonds is 6. The standard InChI is InChI=1S/C22H17N9O/c1-15(13-30-14-26-28-29-30)32-18-6-2-4-16(10-18)19-7-8-21-25-12-20(31(21)27-19)22-17(11-23)5-3-9-24-22/h2-10,12,14-15H,13H2,1H3/t15-/m0/s1. The predicted octanol–water partition coefficient (Wildman–Crippen LogP) is 2.78. The molecule has 0 spiro atoms. The fourth-order valence-corrected chi connectivity index (χ4v) is 3.41. The summed E-state index contributed by atoms with van der Waals surface area (Å²) >= 11 is 0. The molecular weight excluding hydrogens is 406 g/mol. The summed E-state index contributed by atoms with van der Waals surface area (Å²) in [6.45, 7) is 2.49. The lowest BCUT2D eigenvalue weighted by molar-refractivity contribution is 0.193. The van der Waals surface area contributed by atoms with E-state index in [0.717, 1.165) is 11.3 Å². The first-order valence-electron chi connectivity index (χ1n) is 9.89. The number of ether oxygens (including phenoxy) is 1. The number of hydrogen-bond donors (Lipinski definition) is 0. The van der Waals surface area contributed by atoms with Crippen LogP contribution in [0.4, 0.5) is 0 Å². The first-order valence-corrected chi connectivity index (χ1v) is 9.89. The highest BCUT2D eigenvalue weighted by Crippen LogP contribution is 2.26. The Bertz CT molecular complexity index is 1420. The molecule has 1 aromatic carbocycles. The first-order chi connectivity index (χ1) is 15.7. The van der Waals surface area contributed by atoms with Gasteiger partial charge in [0.25, 0.3) is 0 Å². The van der Waals surface area contributed by atoms with Crippen LogP contribution < -0.4 is 4.74 Å². The predicted molar refractivity (Wildman–Crippen MR) is 114 cm³/mol. The molecule has 32 heavy (non-hydrogen) atoms. The SMILES string of the molecule is C[C@@H](Cn1cnnn1)Oc1cccc(-c2ccc3ncc(-c4ncccc4C#N)n3n2)c1. The third kappa shape index (κ3) is 3.75. The summed E-state index contributed by atoms with van der Waals surface area (Å²) in [6.07, 6.45) is 4.75. The number of nitrogens with zero attached hydrogens (tertiary/aromatic N) is 9. The van der Waals surface area contributed by atoms with E-state index in [1.54, 1.807) is 40.1 Å². The molecule has 4 heterocycles. The highest BCUT2D eigenvalue weighted by molar-refractivity contribution is 5.68. The van der Waals surface area contributed by atoms with Crippen molar-refractivity contribution in [3.63, 3.8) is 0 Å². The molecule has 0 amide bonds. The quantitative estimate of drug-likeness (QED) is 0.409. The monoisotopic (exact) mass is 423 g/mol. The molecule has 4 aromatic heterocycles. The summed E-state index contributed by atoms with van der Waals surface area (Å²) in [6, 6.07) is 17.1. The summed E-state index contributed by atoms with van der Waals surface area (Å²) in [4.78, 5) is 8.77. The molecule has 5 aromatic rings. The van der Waals surface area contributed by atoms with Crippen LogP contribution >= 0.6 is 0 Å². The number of nitriles is 1. The molecule has 10 nitrogen and oxygen atoms in total. The molecule has 0 saturated heterocycles. The van der Waals surface area contributed by atoms with Gasteiger partial charge in [0, 0.05) is 11.8 Å². The number of tetrazole rings is 1. The molecule has 0 saturated carbocycles. The molecule has 0 radical (unpaired) electrons. The van der Waals surface area contributed by atoms with Gasteiger partial charge in [-0.25, -0.2) is 14.2 Å². The van der Waals surface area contributed by atoms with E-state index in [1.165, 1.54) is 0 Å². The topological polar surface area (TPSA) is 120 Å². The Labute approximate surface area is 182 Å². The zero-order chi connectivity index (χ0) is 21.9. The van der Waals surface area contributed by atoms with Crippen LogP contribution in [0.5, 0.6) is 5.75 Å². The van der Waals surface area contributed by atoms with Crippen molar-refractivity contribution in [2.75, 3.05) is 0 Å². The van der Waals surface area contributed by atoms with Crippen LogP contribution in [0.3, 0.4) is 0 Å². The van der Waals surface area contributed by atoms with E-state index >= 15 is 0 Å². The van der Waals surface area contributed by atoms with Crippen LogP contribution in [0.15, 0.2) is 67.3 Å². The fourth-order valence-electron chi connectivity index (χ4n) is 3.41. The van der Waals surface area contributed by atoms with Crippen LogP contribution in [-0.4, -0.2) is 45.9 Å². The number of fused-ring (bicyclic) bond motifs is 1. The van der Waals surface area contributed by atoms with E-state index in [9.17, 15) is 5.26 Å². The van der Waals surface area contributed by atoms with Crippen LogP contribution in [0, 0.1) is 11.3 Å². The molecule has 5 rings (SSSR count). The maximum Gasteiger partial charge on any atom is 0.154 e. The van der Waals surface area contributed by atoms with E-state index in [2.05, 4.69) is 31.6 Å². The third-order valence-electron chi connectivity index (χ3n) is 4.84. The molecule has 1 atom stereocenters. The van der Waals surface area contributed by atoms with Crippen molar-refractivity contribution in [2.24, 2.45) is 0 Å². The van der Waals surface area contributed by atoms with E-state index in [-0.39, 0.29) is 6.10 Å². The summed E-state index contributed by atoms with van der Waals surface area (Å²) in [5, 5.41) is 25.3. The van der Waals surface area contributed by atoms with Crippen molar-refractivity contribution in [1.29, 1.82) is 5.26 Å². The highest BCUT2D eigenvalue weighted by Gasteiger charge is 2.14. The smallest absolute Gasteiger partial charge is 0.154 e. The van der Waals surface area contributed by atoms with Crippen molar-refractivity contribution >= 4 is 5.65 Å². The van der Waals surface area contributed by atoms with Gasteiger partial charge in [0.1, 0.15) is 35.6 Å². The maximum absolute atomic E-state index is 9.44. The zero-order valence-electron chi connectivity index (χ0n) is 17.1. The van der Waals surface area contributed by atoms with Crippen molar-refractivity contribution in [3.8, 4) is 34.5 Å². The van der Waals surface area contributed by atoms with Gasteiger partial charge in [0.15, 0.2) is 5.65 Å². The highest BCUT2D eigenvalue weighted by atomic mass is 16.5. The molecule has 0 fully saturated rings. The van der Waals surface area contributed by atoms with Gasteiger partial charge in [-0.1, -0.05) is 12.1 Å². The molecule has 0 N–H and O–H groups in total. The van der Waals surface area contributed by atoms with E-state index in [0.29, 0.717) is 34.9 Å². The largest absolute Gasteiger partial charge is 0.489 e. The minimum Gasteiger partial charge on any atom is -0.489 e. The Morgan fingerprint density at radius 1 is 1.12 bits per heavy atom. The minimum atomic E-state index is -0.127. The summed E-state index contributed by atoms with van der Waals surface area (Å²) in [7, 11) is 0. The van der Waals surface area contributed by atoms with Gasteiger partial charge < -0.3 is 4.74 Å². The second kappa shape index (κ2) is 8.23. The number of aromatic nitrogens is 8. The van der Waals surface area contributed by atoms with Crippen LogP contribution in [0.25, 0.3) is 28.3 Å². The summed E-state index contributed by atoms with van der Waals surface area (Å²) < 4.78 is 9.36. The summed E-state index contributed by atoms with van der Waals surface area (Å²) in [5.41, 5.74) is 3.96.